The number of aromatic nitrogens is 2. The van der Waals surface area contributed by atoms with E-state index in [2.05, 4.69) is 15.5 Å². The van der Waals surface area contributed by atoms with Crippen molar-refractivity contribution in [1.29, 1.82) is 0 Å². The van der Waals surface area contributed by atoms with Gasteiger partial charge in [0.15, 0.2) is 0 Å². The highest BCUT2D eigenvalue weighted by Crippen LogP contribution is 2.32. The van der Waals surface area contributed by atoms with E-state index in [1.165, 1.54) is 7.11 Å². The zero-order chi connectivity index (χ0) is 22.1. The van der Waals surface area contributed by atoms with Crippen molar-refractivity contribution in [3.8, 4) is 5.75 Å². The summed E-state index contributed by atoms with van der Waals surface area (Å²) in [6, 6.07) is 20.7. The van der Waals surface area contributed by atoms with Gasteiger partial charge in [0.2, 0.25) is 11.8 Å². The van der Waals surface area contributed by atoms with E-state index in [9.17, 15) is 9.59 Å². The smallest absolute Gasteiger partial charge is 0.322 e. The maximum absolute atomic E-state index is 12.9. The van der Waals surface area contributed by atoms with Gasteiger partial charge in [0, 0.05) is 18.7 Å². The normalized spacial score (nSPS) is 15.8. The highest BCUT2D eigenvalue weighted by molar-refractivity contribution is 6.08. The van der Waals surface area contributed by atoms with Gasteiger partial charge in [-0.3, -0.25) is 14.9 Å². The summed E-state index contributed by atoms with van der Waals surface area (Å²) in [5, 5.41) is 12.5. The number of ether oxygens (including phenoxy) is 1. The van der Waals surface area contributed by atoms with E-state index in [-0.39, 0.29) is 24.3 Å². The Hall–Kier alpha value is -4.20. The summed E-state index contributed by atoms with van der Waals surface area (Å²) in [6.07, 6.45) is 0.267. The number of anilines is 2. The number of methoxy groups -OCH3 is 1. The summed E-state index contributed by atoms with van der Waals surface area (Å²) in [5.41, 5.74) is 1.19. The number of carbonyl (C=O) groups is 2. The van der Waals surface area contributed by atoms with Gasteiger partial charge >= 0.3 is 6.01 Å². The molecule has 8 heteroatoms. The van der Waals surface area contributed by atoms with Crippen molar-refractivity contribution in [2.75, 3.05) is 23.9 Å². The summed E-state index contributed by atoms with van der Waals surface area (Å²) in [4.78, 5) is 27.0. The second-order valence-electron chi connectivity index (χ2n) is 7.54. The monoisotopic (exact) mass is 428 g/mol. The first kappa shape index (κ1) is 19.7. The van der Waals surface area contributed by atoms with Crippen molar-refractivity contribution < 1.29 is 18.7 Å². The topological polar surface area (TPSA) is 97.6 Å². The first-order valence-corrected chi connectivity index (χ1v) is 10.2. The van der Waals surface area contributed by atoms with Crippen LogP contribution in [0.15, 0.2) is 71.1 Å². The average molecular weight is 428 g/mol. The second-order valence-corrected chi connectivity index (χ2v) is 7.54. The third-order valence-corrected chi connectivity index (χ3v) is 5.52. The van der Waals surface area contributed by atoms with E-state index in [1.54, 1.807) is 11.0 Å². The molecule has 0 bridgehead atoms. The van der Waals surface area contributed by atoms with E-state index in [1.807, 2.05) is 60.7 Å². The van der Waals surface area contributed by atoms with Crippen LogP contribution in [0.2, 0.25) is 0 Å². The Labute approximate surface area is 183 Å². The van der Waals surface area contributed by atoms with Crippen molar-refractivity contribution in [1.82, 2.24) is 10.2 Å². The Morgan fingerprint density at radius 2 is 1.78 bits per heavy atom. The fraction of sp³-hybridized carbons (Fsp3) is 0.167. The van der Waals surface area contributed by atoms with Gasteiger partial charge in [-0.2, -0.15) is 0 Å². The Kier molecular flexibility index (Phi) is 5.03. The van der Waals surface area contributed by atoms with Gasteiger partial charge in [-0.05, 0) is 35.0 Å². The Balaban J connectivity index is 1.33. The van der Waals surface area contributed by atoms with Gasteiger partial charge in [-0.25, -0.2) is 0 Å². The van der Waals surface area contributed by atoms with Crippen LogP contribution in [0.4, 0.5) is 11.7 Å². The molecule has 0 spiro atoms. The van der Waals surface area contributed by atoms with E-state index >= 15 is 0 Å². The van der Waals surface area contributed by atoms with E-state index in [0.29, 0.717) is 23.7 Å². The maximum Gasteiger partial charge on any atom is 0.322 e. The maximum atomic E-state index is 12.9. The first-order valence-electron chi connectivity index (χ1n) is 10.2. The van der Waals surface area contributed by atoms with E-state index in [4.69, 9.17) is 9.15 Å². The van der Waals surface area contributed by atoms with Gasteiger partial charge in [0.1, 0.15) is 5.75 Å². The molecule has 0 saturated carbocycles. The van der Waals surface area contributed by atoms with Crippen molar-refractivity contribution in [3.05, 3.63) is 78.2 Å². The number of hydrogen-bond acceptors (Lipinski definition) is 6. The van der Waals surface area contributed by atoms with Gasteiger partial charge in [-0.15, -0.1) is 5.10 Å². The number of hydrogen-bond donors (Lipinski definition) is 1. The molecule has 0 aliphatic carbocycles. The lowest BCUT2D eigenvalue weighted by molar-refractivity contribution is -0.117. The van der Waals surface area contributed by atoms with Crippen LogP contribution in [0.3, 0.4) is 0 Å². The van der Waals surface area contributed by atoms with Crippen LogP contribution >= 0.6 is 0 Å². The molecule has 1 atom stereocenters. The zero-order valence-electron chi connectivity index (χ0n) is 17.3. The third-order valence-electron chi connectivity index (χ3n) is 5.52. The van der Waals surface area contributed by atoms with Crippen LogP contribution in [-0.4, -0.2) is 35.7 Å². The molecule has 1 unspecified atom stereocenters. The van der Waals surface area contributed by atoms with Crippen molar-refractivity contribution >= 4 is 34.3 Å². The molecule has 1 aliphatic heterocycles. The number of benzene rings is 3. The molecular weight excluding hydrogens is 408 g/mol. The molecule has 1 aromatic heterocycles. The SMILES string of the molecule is COc1cc2ccccc2cc1C(=O)Nc1nnc(C2CC(=O)N(c3ccccc3)C2)o1. The fourth-order valence-electron chi connectivity index (χ4n) is 3.91. The lowest BCUT2D eigenvalue weighted by Gasteiger charge is -2.15. The molecule has 0 radical (unpaired) electrons. The molecule has 1 N–H and O–H groups in total. The highest BCUT2D eigenvalue weighted by atomic mass is 16.5. The molecule has 8 nitrogen and oxygen atoms in total. The molecule has 2 heterocycles. The molecule has 2 amide bonds. The minimum absolute atomic E-state index is 0.00844. The Morgan fingerprint density at radius 1 is 1.06 bits per heavy atom. The van der Waals surface area contributed by atoms with Crippen LogP contribution in [0, 0.1) is 0 Å². The van der Waals surface area contributed by atoms with Crippen LogP contribution in [0.1, 0.15) is 28.6 Å². The van der Waals surface area contributed by atoms with Gasteiger partial charge < -0.3 is 14.1 Å². The summed E-state index contributed by atoms with van der Waals surface area (Å²) >= 11 is 0. The number of nitrogens with one attached hydrogen (secondary N) is 1. The lowest BCUT2D eigenvalue weighted by Crippen LogP contribution is -2.24. The molecule has 32 heavy (non-hydrogen) atoms. The number of nitrogens with zero attached hydrogens (tertiary/aromatic N) is 3. The Morgan fingerprint density at radius 3 is 2.53 bits per heavy atom. The van der Waals surface area contributed by atoms with Gasteiger partial charge in [0.05, 0.1) is 18.6 Å². The standard InChI is InChI=1S/C24H20N4O4/c1-31-20-12-16-8-6-5-7-15(16)11-19(20)22(30)25-24-27-26-23(32-24)17-13-21(29)28(14-17)18-9-3-2-4-10-18/h2-12,17H,13-14H2,1H3,(H,25,27,30). The minimum atomic E-state index is -0.420. The molecule has 1 aliphatic rings. The summed E-state index contributed by atoms with van der Waals surface area (Å²) in [6.45, 7) is 0.441. The highest BCUT2D eigenvalue weighted by Gasteiger charge is 2.35. The summed E-state index contributed by atoms with van der Waals surface area (Å²) in [5.74, 6) is 0.0940. The molecule has 1 fully saturated rings. The fourth-order valence-corrected chi connectivity index (χ4v) is 3.91. The molecule has 1 saturated heterocycles. The first-order chi connectivity index (χ1) is 15.6. The van der Waals surface area contributed by atoms with Crippen LogP contribution in [0.25, 0.3) is 10.8 Å². The molecule has 5 rings (SSSR count). The molecule has 3 aromatic carbocycles. The van der Waals surface area contributed by atoms with Crippen LogP contribution in [-0.2, 0) is 4.79 Å². The second kappa shape index (κ2) is 8.14. The lowest BCUT2D eigenvalue weighted by atomic mass is 10.1. The quantitative estimate of drug-likeness (QED) is 0.516. The van der Waals surface area contributed by atoms with Crippen molar-refractivity contribution in [2.45, 2.75) is 12.3 Å². The summed E-state index contributed by atoms with van der Waals surface area (Å²) in [7, 11) is 1.52. The number of carbonyl (C=O) groups excluding carboxylic acids is 2. The largest absolute Gasteiger partial charge is 0.496 e. The number of para-hydroxylation sites is 1. The number of fused-ring (bicyclic) bond motifs is 1. The van der Waals surface area contributed by atoms with E-state index in [0.717, 1.165) is 16.5 Å². The minimum Gasteiger partial charge on any atom is -0.496 e. The van der Waals surface area contributed by atoms with Crippen LogP contribution < -0.4 is 15.0 Å². The van der Waals surface area contributed by atoms with Crippen molar-refractivity contribution in [3.63, 3.8) is 0 Å². The van der Waals surface area contributed by atoms with Gasteiger partial charge in [-0.1, -0.05) is 47.6 Å². The molecule has 4 aromatic rings. The van der Waals surface area contributed by atoms with Crippen molar-refractivity contribution in [2.24, 2.45) is 0 Å². The zero-order valence-corrected chi connectivity index (χ0v) is 17.3. The average Bonchev–Trinajstić information content (AvgIpc) is 3.45. The predicted molar refractivity (Wildman–Crippen MR) is 119 cm³/mol. The van der Waals surface area contributed by atoms with Gasteiger partial charge in [0.25, 0.3) is 5.91 Å². The summed E-state index contributed by atoms with van der Waals surface area (Å²) < 4.78 is 11.1. The van der Waals surface area contributed by atoms with E-state index < -0.39 is 5.91 Å². The molecule has 160 valence electrons. The predicted octanol–water partition coefficient (Wildman–Crippen LogP) is 4.00. The third kappa shape index (κ3) is 3.66. The number of rotatable bonds is 5. The number of amides is 2. The van der Waals surface area contributed by atoms with Crippen LogP contribution in [0.5, 0.6) is 5.75 Å². The Bertz CT molecular complexity index is 1300. The molecular formula is C24H20N4O4.